The molecule has 3 aromatic rings. The fourth-order valence-electron chi connectivity index (χ4n) is 20.8. The number of benzene rings is 1. The zero-order valence-electron chi connectivity index (χ0n) is 84.5. The number of amides is 6. The van der Waals surface area contributed by atoms with Crippen LogP contribution in [0.4, 0.5) is 0 Å². The Morgan fingerprint density at radius 3 is 1.43 bits per heavy atom. The van der Waals surface area contributed by atoms with Gasteiger partial charge in [0.2, 0.25) is 23.6 Å². The number of ether oxygens (including phenoxy) is 13. The Balaban J connectivity index is 0.582. The van der Waals surface area contributed by atoms with Gasteiger partial charge < -0.3 is 155 Å². The second-order valence-corrected chi connectivity index (χ2v) is 40.0. The number of ketones is 2. The predicted octanol–water partition coefficient (Wildman–Crippen LogP) is -0.0925. The number of Topliss-reactive ketones (excluding diaryl/α,β-unsaturated/α-hetero) is 2. The van der Waals surface area contributed by atoms with Crippen LogP contribution in [0.2, 0.25) is 0 Å². The fraction of sp³-hybridized carbons (Fsp3) is 0.788. The van der Waals surface area contributed by atoms with Crippen molar-refractivity contribution in [3.63, 3.8) is 0 Å². The molecule has 8 fully saturated rings. The number of rotatable bonds is 57. The van der Waals surface area contributed by atoms with E-state index < -0.39 is 256 Å². The van der Waals surface area contributed by atoms with Crippen LogP contribution < -0.4 is 31.9 Å². The lowest BCUT2D eigenvalue weighted by molar-refractivity contribution is -0.338. The summed E-state index contributed by atoms with van der Waals surface area (Å²) in [4.78, 5) is 147. The molecule has 2 aromatic heterocycles. The average Bonchev–Trinajstić information content (AvgIpc) is 1.21. The van der Waals surface area contributed by atoms with E-state index in [1.54, 1.807) is 24.3 Å². The lowest BCUT2D eigenvalue weighted by atomic mass is 9.74. The molecule has 6 amide bonds. The Hall–Kier alpha value is -8.81. The normalized spacial score (nSPS) is 31.5. The number of hydrogen-bond acceptors (Lipinski definition) is 38. The summed E-state index contributed by atoms with van der Waals surface area (Å²) in [6, 6.07) is 5.20. The quantitative estimate of drug-likeness (QED) is 0.0259. The molecule has 4 saturated carbocycles. The molecular weight excluding hydrogens is 1930 g/mol. The van der Waals surface area contributed by atoms with Crippen LogP contribution in [-0.2, 0) is 124 Å². The van der Waals surface area contributed by atoms with E-state index in [1.807, 2.05) is 19.9 Å². The summed E-state index contributed by atoms with van der Waals surface area (Å²) >= 11 is 0. The Bertz CT molecular complexity index is 4610. The van der Waals surface area contributed by atoms with Crippen molar-refractivity contribution in [1.82, 2.24) is 61.9 Å². The number of aromatic nitrogens is 6. The fourth-order valence-corrected chi connectivity index (χ4v) is 20.8. The second-order valence-electron chi connectivity index (χ2n) is 40.0. The van der Waals surface area contributed by atoms with Gasteiger partial charge >= 0.3 is 17.9 Å². The Labute approximate surface area is 853 Å². The molecule has 6 heterocycles. The van der Waals surface area contributed by atoms with E-state index in [2.05, 4.69) is 52.5 Å². The van der Waals surface area contributed by atoms with Gasteiger partial charge in [0, 0.05) is 71.0 Å². The highest BCUT2D eigenvalue weighted by atomic mass is 16.8. The standard InChI is InChI=1S/C99H154N12O36/c1-7-60-44-62(46-69(86(60)146-98-84(125)82(123)78(119)53(3)138-98)142-96-76(103-55(5)114)88(80(121)73(50-112)144-96)140-71(93(130)131)42-57-22-13-9-14-23-57)68(117)30-21-33-100-91(128)66-48-110(108-106-66)36-40-135-38-31-64(116)28-19-12-20-29-65(95(134)137-52-59-26-17-11-18-27-59)105-75(118)32-39-136-41-37-111-49-67(107-109-111)92(129)102-35-34-101-90(127)63-45-61(8-2)87(147-99-85(126)83(124)79(120)54(4)139-99)70(47-63)143-97-77(104-56(6)115)89(81(122)74(51-113)145-97)141-72(94(132)133)43-58-24-15-10-16-25-58/h11,17-18,26-27,48-49,53-54,57-58,60-63,65,69-74,76-89,96-99,112-113,119-126H,7-10,12-16,19-25,28-47,50-52H2,1-6H3,(H,100,128)(H,101,127)(H,102,129)(H,103,114)(H,104,115)(H,105,118)(H,130,131)(H,132,133)/t53?,54?,60?,61?,62?,63?,65-,69+,70+,71-,72-,73-,74-,76?,77?,78+,79+,80-,81-,82-,83-,84?,85?,86+,87+,88?,89?,96+,97+,98-,99-/m0/s1. The van der Waals surface area contributed by atoms with Crippen LogP contribution in [0.3, 0.4) is 0 Å². The Morgan fingerprint density at radius 1 is 0.483 bits per heavy atom. The van der Waals surface area contributed by atoms with Crippen LogP contribution >= 0.6 is 0 Å². The van der Waals surface area contributed by atoms with Crippen LogP contribution in [0.1, 0.15) is 241 Å². The van der Waals surface area contributed by atoms with Crippen molar-refractivity contribution < 1.29 is 176 Å². The predicted molar refractivity (Wildman–Crippen MR) is 510 cm³/mol. The van der Waals surface area contributed by atoms with Crippen molar-refractivity contribution in [3.05, 3.63) is 59.7 Å². The molecule has 4 saturated heterocycles. The van der Waals surface area contributed by atoms with Crippen molar-refractivity contribution >= 4 is 64.9 Å². The van der Waals surface area contributed by atoms with Gasteiger partial charge in [0.1, 0.15) is 110 Å². The maximum Gasteiger partial charge on any atom is 0.332 e. The summed E-state index contributed by atoms with van der Waals surface area (Å²) in [5.41, 5.74) is 0.665. The number of nitrogens with zero attached hydrogens (tertiary/aromatic N) is 6. The summed E-state index contributed by atoms with van der Waals surface area (Å²) in [5, 5.41) is 163. The Morgan fingerprint density at radius 2 is 0.952 bits per heavy atom. The minimum Gasteiger partial charge on any atom is -0.479 e. The van der Waals surface area contributed by atoms with E-state index in [0.29, 0.717) is 32.1 Å². The number of aliphatic hydroxyl groups excluding tert-OH is 10. The number of hydrogen-bond donors (Lipinski definition) is 18. The van der Waals surface area contributed by atoms with Crippen LogP contribution in [0.5, 0.6) is 0 Å². The van der Waals surface area contributed by atoms with E-state index in [1.165, 1.54) is 49.5 Å². The first-order valence-corrected chi connectivity index (χ1v) is 52.1. The maximum atomic E-state index is 14.3. The van der Waals surface area contributed by atoms with E-state index in [0.717, 1.165) is 69.8 Å². The number of unbranched alkanes of at least 4 members (excludes halogenated alkanes) is 2. The van der Waals surface area contributed by atoms with E-state index in [-0.39, 0.29) is 178 Å². The molecule has 4 aliphatic heterocycles. The summed E-state index contributed by atoms with van der Waals surface area (Å²) in [5.74, 6) is -9.44. The first-order valence-electron chi connectivity index (χ1n) is 52.1. The largest absolute Gasteiger partial charge is 0.479 e. The molecule has 0 radical (unpaired) electrons. The first kappa shape index (κ1) is 118. The lowest BCUT2D eigenvalue weighted by Crippen LogP contribution is -2.67. The number of carbonyl (C=O) groups excluding carboxylic acids is 9. The minimum atomic E-state index is -1.74. The first-order chi connectivity index (χ1) is 70.5. The molecule has 826 valence electrons. The molecule has 8 aliphatic rings. The molecule has 0 bridgehead atoms. The highest BCUT2D eigenvalue weighted by molar-refractivity contribution is 5.92. The number of carboxylic acid groups (broad SMARTS) is 2. The smallest absolute Gasteiger partial charge is 0.332 e. The third kappa shape index (κ3) is 34.9. The summed E-state index contributed by atoms with van der Waals surface area (Å²) in [6.45, 7) is 7.86. The van der Waals surface area contributed by atoms with Crippen LogP contribution in [0.15, 0.2) is 42.7 Å². The van der Waals surface area contributed by atoms with Gasteiger partial charge in [-0.25, -0.2) is 23.7 Å². The molecule has 4 aliphatic carbocycles. The zero-order chi connectivity index (χ0) is 106. The second kappa shape index (κ2) is 59.3. The van der Waals surface area contributed by atoms with Crippen LogP contribution in [0, 0.1) is 35.5 Å². The highest BCUT2D eigenvalue weighted by Gasteiger charge is 2.57. The molecule has 48 heteroatoms. The molecule has 1 aromatic carbocycles. The lowest BCUT2D eigenvalue weighted by Gasteiger charge is -2.49. The third-order valence-electron chi connectivity index (χ3n) is 29.1. The Kier molecular flexibility index (Phi) is 47.8. The summed E-state index contributed by atoms with van der Waals surface area (Å²) in [7, 11) is 0. The number of carboxylic acids is 2. The zero-order valence-corrected chi connectivity index (χ0v) is 84.5. The van der Waals surface area contributed by atoms with Crippen molar-refractivity contribution in [2.45, 2.75) is 400 Å². The van der Waals surface area contributed by atoms with Crippen molar-refractivity contribution in [3.8, 4) is 0 Å². The molecule has 18 N–H and O–H groups in total. The number of nitrogens with one attached hydrogen (secondary N) is 6. The van der Waals surface area contributed by atoms with E-state index >= 15 is 0 Å². The number of esters is 1. The molecule has 48 nitrogen and oxygen atoms in total. The van der Waals surface area contributed by atoms with Crippen LogP contribution in [-0.4, -0.2) is 381 Å². The van der Waals surface area contributed by atoms with Gasteiger partial charge in [0.15, 0.2) is 48.8 Å². The van der Waals surface area contributed by atoms with Gasteiger partial charge in [-0.1, -0.05) is 144 Å². The minimum absolute atomic E-state index is 0.00775. The van der Waals surface area contributed by atoms with Crippen molar-refractivity contribution in [2.75, 3.05) is 59.3 Å². The third-order valence-corrected chi connectivity index (χ3v) is 29.1. The number of aliphatic carboxylic acids is 2. The van der Waals surface area contributed by atoms with Gasteiger partial charge in [0.25, 0.3) is 11.8 Å². The average molecular weight is 2090 g/mol. The highest BCUT2D eigenvalue weighted by Crippen LogP contribution is 2.44. The van der Waals surface area contributed by atoms with E-state index in [9.17, 15) is 114 Å². The molecule has 147 heavy (non-hydrogen) atoms. The molecule has 12 unspecified atom stereocenters. The molecular formula is C99H154N12O36. The van der Waals surface area contributed by atoms with Crippen molar-refractivity contribution in [2.24, 2.45) is 35.5 Å². The summed E-state index contributed by atoms with van der Waals surface area (Å²) < 4.78 is 82.8. The van der Waals surface area contributed by atoms with Gasteiger partial charge in [-0.05, 0) is 101 Å². The molecule has 11 rings (SSSR count). The van der Waals surface area contributed by atoms with Gasteiger partial charge in [-0.3, -0.25) is 38.4 Å². The van der Waals surface area contributed by atoms with Gasteiger partial charge in [-0.2, -0.15) is 0 Å². The maximum absolute atomic E-state index is 14.3. The molecule has 31 atom stereocenters. The number of carbonyl (C=O) groups is 11. The topological polar surface area (TPSA) is 684 Å². The van der Waals surface area contributed by atoms with Gasteiger partial charge in [0.05, 0.1) is 102 Å². The van der Waals surface area contributed by atoms with Gasteiger partial charge in [-0.15, -0.1) is 10.2 Å². The SMILES string of the molecule is CCC1CC(C(=O)CCCNC(=O)c2cn(CCOCCC(=O)CCCCC[C@H](NC(=O)CCOCCn3cc(C(=O)NCCNC(=O)C4CC(CC)[C@@H](O[C@@H]5OC(C)[C@@H](O)[C@H](O)C5O)[C@H](O[C@@H]5O[C@@H](CO)[C@H](O)C(O[C@@H](CC6CCCCC6)C(=O)O)C5NC(C)=O)C4)nn3)C(=O)OCc3ccccc3)nn2)C[C@@H](O[C@@H]2O[C@@H](CO)[C@H](O)C(O[C@@H](CC3CCCCC3)C(=O)O)C2NC(C)=O)[C@@H]1O[C@@H]1OC(C)[C@@H](O)[C@H](O)C1O. The van der Waals surface area contributed by atoms with Crippen LogP contribution in [0.25, 0.3) is 0 Å². The van der Waals surface area contributed by atoms with E-state index in [4.69, 9.17) is 61.6 Å². The summed E-state index contributed by atoms with van der Waals surface area (Å²) in [6.07, 6.45) is -19.4. The monoisotopic (exact) mass is 2090 g/mol. The van der Waals surface area contributed by atoms with Crippen molar-refractivity contribution in [1.29, 1.82) is 0 Å². The molecule has 0 spiro atoms. The number of aliphatic hydroxyl groups is 10.